The van der Waals surface area contributed by atoms with Gasteiger partial charge in [0.2, 0.25) is 9.84 Å². The lowest BCUT2D eigenvalue weighted by Crippen LogP contribution is -2.18. The van der Waals surface area contributed by atoms with Gasteiger partial charge in [0.15, 0.2) is 0 Å². The van der Waals surface area contributed by atoms with E-state index >= 15 is 0 Å². The number of rotatable bonds is 6. The van der Waals surface area contributed by atoms with Crippen molar-refractivity contribution in [2.24, 2.45) is 5.10 Å². The molecule has 5 rings (SSSR count). The van der Waals surface area contributed by atoms with Gasteiger partial charge in [-0.3, -0.25) is 5.01 Å². The first-order valence-electron chi connectivity index (χ1n) is 11.6. The lowest BCUT2D eigenvalue weighted by Gasteiger charge is -2.24. The van der Waals surface area contributed by atoms with E-state index in [4.69, 9.17) is 5.10 Å². The van der Waals surface area contributed by atoms with E-state index in [1.807, 2.05) is 71.7 Å². The molecule has 176 valence electrons. The molecule has 0 aromatic heterocycles. The van der Waals surface area contributed by atoms with Crippen LogP contribution in [0.4, 0.5) is 5.69 Å². The van der Waals surface area contributed by atoms with Crippen LogP contribution in [0.3, 0.4) is 0 Å². The third kappa shape index (κ3) is 4.70. The van der Waals surface area contributed by atoms with Crippen molar-refractivity contribution in [1.29, 1.82) is 5.26 Å². The number of nitrogens with zero attached hydrogens (tertiary/aromatic N) is 3. The summed E-state index contributed by atoms with van der Waals surface area (Å²) in [5.41, 5.74) is 4.77. The molecule has 4 aromatic rings. The van der Waals surface area contributed by atoms with Gasteiger partial charge >= 0.3 is 0 Å². The summed E-state index contributed by atoms with van der Waals surface area (Å²) in [6.07, 6.45) is 2.17. The van der Waals surface area contributed by atoms with Crippen molar-refractivity contribution in [2.75, 3.05) is 5.01 Å². The molecule has 6 heteroatoms. The molecule has 0 fully saturated rings. The molecule has 4 aromatic carbocycles. The lowest BCUT2D eigenvalue weighted by atomic mass is 9.98. The van der Waals surface area contributed by atoms with Gasteiger partial charge in [-0.1, -0.05) is 91.0 Å². The summed E-state index contributed by atoms with van der Waals surface area (Å²) in [7, 11) is -3.89. The standard InChI is InChI=1S/C30H23N3O2S/c31-22-28(36(34,35)27-14-8-3-9-15-27)20-23-16-18-26(19-17-23)33-30(25-12-6-2-7-13-25)21-29(32-33)24-10-4-1-5-11-24/h1-20,30H,21H2/b28-20+/t30-/m0/s1. The zero-order chi connectivity index (χ0) is 25.0. The quantitative estimate of drug-likeness (QED) is 0.295. The minimum Gasteiger partial charge on any atom is -0.257 e. The molecule has 0 saturated carbocycles. The van der Waals surface area contributed by atoms with Crippen LogP contribution in [0.2, 0.25) is 0 Å². The smallest absolute Gasteiger partial charge is 0.216 e. The molecular formula is C30H23N3O2S. The third-order valence-corrected chi connectivity index (χ3v) is 7.79. The molecule has 0 unspecified atom stereocenters. The van der Waals surface area contributed by atoms with Crippen molar-refractivity contribution in [1.82, 2.24) is 0 Å². The molecule has 5 nitrogen and oxygen atoms in total. The van der Waals surface area contributed by atoms with Crippen LogP contribution >= 0.6 is 0 Å². The summed E-state index contributed by atoms with van der Waals surface area (Å²) < 4.78 is 25.8. The Morgan fingerprint density at radius 3 is 2.03 bits per heavy atom. The van der Waals surface area contributed by atoms with Crippen molar-refractivity contribution in [3.8, 4) is 6.07 Å². The lowest BCUT2D eigenvalue weighted by molar-refractivity contribution is 0.603. The highest BCUT2D eigenvalue weighted by atomic mass is 32.2. The first kappa shape index (κ1) is 23.3. The second-order valence-corrected chi connectivity index (χ2v) is 10.3. The van der Waals surface area contributed by atoms with Gasteiger partial charge in [-0.2, -0.15) is 10.4 Å². The van der Waals surface area contributed by atoms with Gasteiger partial charge in [-0.15, -0.1) is 0 Å². The fraction of sp³-hybridized carbons (Fsp3) is 0.0667. The summed E-state index contributed by atoms with van der Waals surface area (Å²) in [6.45, 7) is 0. The number of hydrogen-bond donors (Lipinski definition) is 0. The van der Waals surface area contributed by atoms with Gasteiger partial charge in [0.25, 0.3) is 0 Å². The highest BCUT2D eigenvalue weighted by molar-refractivity contribution is 7.95. The molecule has 0 N–H and O–H groups in total. The molecule has 0 aliphatic carbocycles. The summed E-state index contributed by atoms with van der Waals surface area (Å²) in [6, 6.07) is 37.7. The van der Waals surface area contributed by atoms with Crippen molar-refractivity contribution in [3.05, 3.63) is 137 Å². The number of hydrogen-bond acceptors (Lipinski definition) is 5. The first-order chi connectivity index (χ1) is 17.6. The van der Waals surface area contributed by atoms with Gasteiger partial charge in [-0.25, -0.2) is 8.42 Å². The molecule has 1 heterocycles. The fourth-order valence-corrected chi connectivity index (χ4v) is 5.44. The molecule has 0 amide bonds. The van der Waals surface area contributed by atoms with Crippen LogP contribution < -0.4 is 5.01 Å². The molecule has 0 radical (unpaired) electrons. The Morgan fingerprint density at radius 1 is 0.833 bits per heavy atom. The average molecular weight is 490 g/mol. The Kier molecular flexibility index (Phi) is 6.48. The maximum atomic E-state index is 12.9. The van der Waals surface area contributed by atoms with Crippen molar-refractivity contribution in [3.63, 3.8) is 0 Å². The van der Waals surface area contributed by atoms with Gasteiger partial charge in [0.05, 0.1) is 22.3 Å². The van der Waals surface area contributed by atoms with Crippen molar-refractivity contribution < 1.29 is 8.42 Å². The SMILES string of the molecule is N#C/C(=C\c1ccc(N2N=C(c3ccccc3)C[C@H]2c2ccccc2)cc1)S(=O)(=O)c1ccccc1. The fourth-order valence-electron chi connectivity index (χ4n) is 4.26. The van der Waals surface area contributed by atoms with E-state index in [1.54, 1.807) is 18.2 Å². The monoisotopic (exact) mass is 489 g/mol. The Labute approximate surface area is 211 Å². The van der Waals surface area contributed by atoms with Gasteiger partial charge in [0, 0.05) is 6.42 Å². The Morgan fingerprint density at radius 2 is 1.42 bits per heavy atom. The van der Waals surface area contributed by atoms with E-state index in [2.05, 4.69) is 24.3 Å². The van der Waals surface area contributed by atoms with Crippen LogP contribution in [-0.4, -0.2) is 14.1 Å². The molecular weight excluding hydrogens is 466 g/mol. The summed E-state index contributed by atoms with van der Waals surface area (Å²) >= 11 is 0. The van der Waals surface area contributed by atoms with Crippen LogP contribution in [-0.2, 0) is 9.84 Å². The largest absolute Gasteiger partial charge is 0.257 e. The van der Waals surface area contributed by atoms with E-state index in [1.165, 1.54) is 18.2 Å². The van der Waals surface area contributed by atoms with Crippen LogP contribution in [0.5, 0.6) is 0 Å². The normalized spacial score (nSPS) is 15.9. The van der Waals surface area contributed by atoms with Gasteiger partial charge in [0.1, 0.15) is 11.0 Å². The first-order valence-corrected chi connectivity index (χ1v) is 13.0. The third-order valence-electron chi connectivity index (χ3n) is 6.11. The predicted octanol–water partition coefficient (Wildman–Crippen LogP) is 6.38. The molecule has 1 aliphatic heterocycles. The zero-order valence-electron chi connectivity index (χ0n) is 19.4. The van der Waals surface area contributed by atoms with E-state index in [9.17, 15) is 13.7 Å². The highest BCUT2D eigenvalue weighted by Gasteiger charge is 2.29. The van der Waals surface area contributed by atoms with E-state index in [-0.39, 0.29) is 15.8 Å². The second kappa shape index (κ2) is 10.0. The van der Waals surface area contributed by atoms with E-state index in [0.717, 1.165) is 28.9 Å². The van der Waals surface area contributed by atoms with E-state index < -0.39 is 9.84 Å². The van der Waals surface area contributed by atoms with Gasteiger partial charge < -0.3 is 0 Å². The Balaban J connectivity index is 1.48. The maximum Gasteiger partial charge on any atom is 0.216 e. The molecule has 1 atom stereocenters. The minimum absolute atomic E-state index is 0.0379. The van der Waals surface area contributed by atoms with E-state index in [0.29, 0.717) is 5.56 Å². The molecule has 0 spiro atoms. The average Bonchev–Trinajstić information content (AvgIpc) is 3.39. The number of sulfone groups is 1. The van der Waals surface area contributed by atoms with Gasteiger partial charge in [-0.05, 0) is 47.0 Å². The molecule has 0 saturated heterocycles. The van der Waals surface area contributed by atoms with Crippen molar-refractivity contribution in [2.45, 2.75) is 17.4 Å². The van der Waals surface area contributed by atoms with Crippen LogP contribution in [0, 0.1) is 11.3 Å². The summed E-state index contributed by atoms with van der Waals surface area (Å²) in [4.78, 5) is -0.200. The molecule has 1 aliphatic rings. The number of anilines is 1. The topological polar surface area (TPSA) is 73.5 Å². The molecule has 0 bridgehead atoms. The Hall–Kier alpha value is -4.47. The number of hydrazone groups is 1. The molecule has 36 heavy (non-hydrogen) atoms. The number of nitriles is 1. The number of allylic oxidation sites excluding steroid dienone is 1. The zero-order valence-corrected chi connectivity index (χ0v) is 20.2. The Bertz CT molecular complexity index is 1560. The minimum atomic E-state index is -3.89. The van der Waals surface area contributed by atoms with Crippen LogP contribution in [0.25, 0.3) is 6.08 Å². The predicted molar refractivity (Wildman–Crippen MR) is 143 cm³/mol. The number of benzene rings is 4. The maximum absolute atomic E-state index is 12.9. The summed E-state index contributed by atoms with van der Waals surface area (Å²) in [5.74, 6) is 0. The highest BCUT2D eigenvalue weighted by Crippen LogP contribution is 2.37. The summed E-state index contributed by atoms with van der Waals surface area (Å²) in [5, 5.41) is 16.6. The van der Waals surface area contributed by atoms with Crippen LogP contribution in [0.15, 0.2) is 130 Å². The van der Waals surface area contributed by atoms with Crippen molar-refractivity contribution >= 4 is 27.3 Å². The second-order valence-electron chi connectivity index (χ2n) is 8.42. The van der Waals surface area contributed by atoms with Crippen LogP contribution in [0.1, 0.15) is 29.2 Å².